The highest BCUT2D eigenvalue weighted by Crippen LogP contribution is 2.39. The molecule has 3 aromatic carbocycles. The summed E-state index contributed by atoms with van der Waals surface area (Å²) in [5.74, 6) is 0.508. The van der Waals surface area contributed by atoms with Gasteiger partial charge in [0.25, 0.3) is 0 Å². The molecule has 0 unspecified atom stereocenters. The standard InChI is InChI=1S/C20H17IO2/c1-20(14-2-8-17(21)9-3-14,15-4-10-18(22)11-5-15)16-6-12-19(23)13-7-16/h2-13,22-23H,1H3. The fraction of sp³-hybridized carbons (Fsp3) is 0.100. The molecule has 3 aromatic rings. The molecule has 0 saturated carbocycles. The van der Waals surface area contributed by atoms with E-state index in [0.717, 1.165) is 16.7 Å². The van der Waals surface area contributed by atoms with E-state index in [2.05, 4.69) is 53.8 Å². The highest BCUT2D eigenvalue weighted by molar-refractivity contribution is 14.1. The van der Waals surface area contributed by atoms with Crippen LogP contribution >= 0.6 is 22.6 Å². The summed E-state index contributed by atoms with van der Waals surface area (Å²) in [6.45, 7) is 2.16. The maximum atomic E-state index is 9.60. The van der Waals surface area contributed by atoms with Gasteiger partial charge in [-0.3, -0.25) is 0 Å². The molecular weight excluding hydrogens is 399 g/mol. The molecule has 3 rings (SSSR count). The van der Waals surface area contributed by atoms with Gasteiger partial charge < -0.3 is 10.2 Å². The first-order valence-electron chi connectivity index (χ1n) is 7.35. The monoisotopic (exact) mass is 416 g/mol. The molecule has 3 heteroatoms. The lowest BCUT2D eigenvalue weighted by atomic mass is 9.71. The summed E-state index contributed by atoms with van der Waals surface area (Å²) in [6.07, 6.45) is 0. The molecule has 23 heavy (non-hydrogen) atoms. The SMILES string of the molecule is CC(c1ccc(O)cc1)(c1ccc(O)cc1)c1ccc(I)cc1. The minimum atomic E-state index is -0.369. The second-order valence-electron chi connectivity index (χ2n) is 5.73. The highest BCUT2D eigenvalue weighted by Gasteiger charge is 2.31. The van der Waals surface area contributed by atoms with Crippen molar-refractivity contribution in [2.75, 3.05) is 0 Å². The molecule has 0 atom stereocenters. The van der Waals surface area contributed by atoms with Crippen molar-refractivity contribution in [2.24, 2.45) is 0 Å². The largest absolute Gasteiger partial charge is 0.508 e. The van der Waals surface area contributed by atoms with E-state index in [0.29, 0.717) is 0 Å². The molecule has 0 radical (unpaired) electrons. The van der Waals surface area contributed by atoms with E-state index in [4.69, 9.17) is 0 Å². The van der Waals surface area contributed by atoms with Gasteiger partial charge in [-0.15, -0.1) is 0 Å². The summed E-state index contributed by atoms with van der Waals surface area (Å²) in [5.41, 5.74) is 2.96. The topological polar surface area (TPSA) is 40.5 Å². The zero-order chi connectivity index (χ0) is 16.4. The molecule has 0 bridgehead atoms. The Balaban J connectivity index is 2.21. The molecule has 0 saturated heterocycles. The number of hydrogen-bond acceptors (Lipinski definition) is 2. The third kappa shape index (κ3) is 3.06. The van der Waals surface area contributed by atoms with Crippen LogP contribution in [0, 0.1) is 3.57 Å². The Kier molecular flexibility index (Phi) is 4.31. The van der Waals surface area contributed by atoms with Gasteiger partial charge in [-0.2, -0.15) is 0 Å². The minimum absolute atomic E-state index is 0.254. The van der Waals surface area contributed by atoms with Gasteiger partial charge in [-0.05, 0) is 82.6 Å². The van der Waals surface area contributed by atoms with Gasteiger partial charge in [0.15, 0.2) is 0 Å². The molecule has 0 aromatic heterocycles. The first-order chi connectivity index (χ1) is 11.0. The Morgan fingerprint density at radius 2 is 0.913 bits per heavy atom. The molecule has 116 valence electrons. The Morgan fingerprint density at radius 1 is 0.609 bits per heavy atom. The molecule has 0 aliphatic carbocycles. The highest BCUT2D eigenvalue weighted by atomic mass is 127. The van der Waals surface area contributed by atoms with Gasteiger partial charge in [-0.25, -0.2) is 0 Å². The second kappa shape index (κ2) is 6.24. The van der Waals surface area contributed by atoms with Crippen LogP contribution < -0.4 is 0 Å². The van der Waals surface area contributed by atoms with Crippen LogP contribution in [0.25, 0.3) is 0 Å². The first kappa shape index (κ1) is 15.9. The zero-order valence-electron chi connectivity index (χ0n) is 12.7. The second-order valence-corrected chi connectivity index (χ2v) is 6.97. The number of aromatic hydroxyl groups is 2. The quantitative estimate of drug-likeness (QED) is 0.463. The molecule has 2 N–H and O–H groups in total. The average Bonchev–Trinajstić information content (AvgIpc) is 2.56. The number of phenolic OH excluding ortho intramolecular Hbond substituents is 2. The normalized spacial score (nSPS) is 11.4. The van der Waals surface area contributed by atoms with Gasteiger partial charge in [-0.1, -0.05) is 36.4 Å². The van der Waals surface area contributed by atoms with Gasteiger partial charge in [0.1, 0.15) is 11.5 Å². The third-order valence-electron chi connectivity index (χ3n) is 4.31. The number of benzene rings is 3. The van der Waals surface area contributed by atoms with E-state index in [1.165, 1.54) is 3.57 Å². The van der Waals surface area contributed by atoms with Crippen LogP contribution in [0.1, 0.15) is 23.6 Å². The fourth-order valence-corrected chi connectivity index (χ4v) is 3.23. The maximum absolute atomic E-state index is 9.60. The fourth-order valence-electron chi connectivity index (χ4n) is 2.87. The lowest BCUT2D eigenvalue weighted by molar-refractivity contribution is 0.474. The Hall–Kier alpha value is -2.01. The molecule has 0 amide bonds. The smallest absolute Gasteiger partial charge is 0.115 e. The van der Waals surface area contributed by atoms with Crippen molar-refractivity contribution < 1.29 is 10.2 Å². The van der Waals surface area contributed by atoms with Crippen molar-refractivity contribution in [3.05, 3.63) is 93.1 Å². The summed E-state index contributed by atoms with van der Waals surface area (Å²) in [7, 11) is 0. The Morgan fingerprint density at radius 3 is 1.26 bits per heavy atom. The predicted octanol–water partition coefficient (Wildman–Crippen LogP) is 5.06. The van der Waals surface area contributed by atoms with Crippen LogP contribution in [0.15, 0.2) is 72.8 Å². The van der Waals surface area contributed by atoms with Gasteiger partial charge in [0.2, 0.25) is 0 Å². The molecular formula is C20H17IO2. The van der Waals surface area contributed by atoms with Crippen molar-refractivity contribution in [3.8, 4) is 11.5 Å². The van der Waals surface area contributed by atoms with Crippen molar-refractivity contribution >= 4 is 22.6 Å². The molecule has 2 nitrogen and oxygen atoms in total. The van der Waals surface area contributed by atoms with Crippen LogP contribution in [0.5, 0.6) is 11.5 Å². The number of hydrogen-bond donors (Lipinski definition) is 2. The van der Waals surface area contributed by atoms with E-state index in [1.807, 2.05) is 24.3 Å². The lowest BCUT2D eigenvalue weighted by Crippen LogP contribution is -2.25. The van der Waals surface area contributed by atoms with E-state index in [1.54, 1.807) is 24.3 Å². The van der Waals surface area contributed by atoms with E-state index < -0.39 is 0 Å². The maximum Gasteiger partial charge on any atom is 0.115 e. The number of rotatable bonds is 3. The van der Waals surface area contributed by atoms with E-state index in [-0.39, 0.29) is 16.9 Å². The summed E-state index contributed by atoms with van der Waals surface area (Å²) < 4.78 is 1.19. The van der Waals surface area contributed by atoms with Crippen LogP contribution in [0.2, 0.25) is 0 Å². The average molecular weight is 416 g/mol. The van der Waals surface area contributed by atoms with Crippen LogP contribution in [0.4, 0.5) is 0 Å². The number of halogens is 1. The third-order valence-corrected chi connectivity index (χ3v) is 5.03. The van der Waals surface area contributed by atoms with Gasteiger partial charge >= 0.3 is 0 Å². The molecule has 0 aliphatic heterocycles. The molecule has 0 aliphatic rings. The van der Waals surface area contributed by atoms with Crippen molar-refractivity contribution in [1.29, 1.82) is 0 Å². The van der Waals surface area contributed by atoms with Gasteiger partial charge in [0, 0.05) is 8.99 Å². The first-order valence-corrected chi connectivity index (χ1v) is 8.43. The van der Waals surface area contributed by atoms with Crippen molar-refractivity contribution in [3.63, 3.8) is 0 Å². The summed E-state index contributed by atoms with van der Waals surface area (Å²) in [6, 6.07) is 23.1. The summed E-state index contributed by atoms with van der Waals surface area (Å²) >= 11 is 2.30. The Bertz CT molecular complexity index is 680. The van der Waals surface area contributed by atoms with Crippen LogP contribution in [-0.2, 0) is 5.41 Å². The molecule has 0 heterocycles. The van der Waals surface area contributed by atoms with E-state index >= 15 is 0 Å². The molecule has 0 fully saturated rings. The van der Waals surface area contributed by atoms with E-state index in [9.17, 15) is 10.2 Å². The number of phenols is 2. The summed E-state index contributed by atoms with van der Waals surface area (Å²) in [4.78, 5) is 0. The van der Waals surface area contributed by atoms with Crippen LogP contribution in [0.3, 0.4) is 0 Å². The van der Waals surface area contributed by atoms with Gasteiger partial charge in [0.05, 0.1) is 0 Å². The van der Waals surface area contributed by atoms with Crippen LogP contribution in [-0.4, -0.2) is 10.2 Å². The zero-order valence-corrected chi connectivity index (χ0v) is 14.9. The van der Waals surface area contributed by atoms with Crippen molar-refractivity contribution in [1.82, 2.24) is 0 Å². The predicted molar refractivity (Wildman–Crippen MR) is 101 cm³/mol. The minimum Gasteiger partial charge on any atom is -0.508 e. The summed E-state index contributed by atoms with van der Waals surface area (Å²) in [5, 5.41) is 19.2. The lowest BCUT2D eigenvalue weighted by Gasteiger charge is -2.32. The molecule has 0 spiro atoms. The van der Waals surface area contributed by atoms with Crippen molar-refractivity contribution in [2.45, 2.75) is 12.3 Å². The Labute approximate surface area is 149 Å².